The van der Waals surface area contributed by atoms with Gasteiger partial charge in [0, 0.05) is 0 Å². The Bertz CT molecular complexity index is 599. The Morgan fingerprint density at radius 1 is 1.35 bits per heavy atom. The monoisotopic (exact) mass is 290 g/mol. The van der Waals surface area contributed by atoms with E-state index in [0.717, 1.165) is 35.7 Å². The van der Waals surface area contributed by atoms with Crippen molar-refractivity contribution in [2.75, 3.05) is 18.8 Å². The SMILES string of the molecule is CCC1(C)CCN(Cc2nc(N)c3ccsc3n2)CC1. The second kappa shape index (κ2) is 5.30. The Morgan fingerprint density at radius 2 is 2.10 bits per heavy atom. The third kappa shape index (κ3) is 2.65. The molecular weight excluding hydrogens is 268 g/mol. The lowest BCUT2D eigenvalue weighted by Gasteiger charge is -2.38. The number of anilines is 1. The van der Waals surface area contributed by atoms with Crippen LogP contribution in [0, 0.1) is 5.41 Å². The first-order valence-corrected chi connectivity index (χ1v) is 8.19. The minimum absolute atomic E-state index is 0.522. The average Bonchev–Trinajstić information content (AvgIpc) is 2.91. The molecule has 0 aromatic carbocycles. The van der Waals surface area contributed by atoms with Gasteiger partial charge in [-0.2, -0.15) is 0 Å². The minimum Gasteiger partial charge on any atom is -0.383 e. The highest BCUT2D eigenvalue weighted by atomic mass is 32.1. The van der Waals surface area contributed by atoms with E-state index in [1.807, 2.05) is 11.4 Å². The van der Waals surface area contributed by atoms with E-state index in [2.05, 4.69) is 28.7 Å². The molecule has 0 aliphatic carbocycles. The number of nitrogen functional groups attached to an aromatic ring is 1. The highest BCUT2D eigenvalue weighted by molar-refractivity contribution is 7.16. The van der Waals surface area contributed by atoms with Crippen LogP contribution in [0.4, 0.5) is 5.82 Å². The molecule has 0 amide bonds. The molecule has 0 bridgehead atoms. The van der Waals surface area contributed by atoms with Gasteiger partial charge in [-0.25, -0.2) is 9.97 Å². The Labute approximate surface area is 124 Å². The van der Waals surface area contributed by atoms with Gasteiger partial charge in [-0.1, -0.05) is 20.3 Å². The minimum atomic E-state index is 0.522. The van der Waals surface area contributed by atoms with Crippen LogP contribution in [-0.4, -0.2) is 28.0 Å². The highest BCUT2D eigenvalue weighted by Gasteiger charge is 2.28. The number of aromatic nitrogens is 2. The first kappa shape index (κ1) is 13.8. The maximum atomic E-state index is 6.01. The van der Waals surface area contributed by atoms with Crippen molar-refractivity contribution in [2.45, 2.75) is 39.7 Å². The summed E-state index contributed by atoms with van der Waals surface area (Å²) in [6.45, 7) is 7.78. The Kier molecular flexibility index (Phi) is 3.65. The lowest BCUT2D eigenvalue weighted by molar-refractivity contribution is 0.108. The van der Waals surface area contributed by atoms with Gasteiger partial charge in [-0.3, -0.25) is 4.90 Å². The van der Waals surface area contributed by atoms with Crippen molar-refractivity contribution in [3.05, 3.63) is 17.3 Å². The summed E-state index contributed by atoms with van der Waals surface area (Å²) in [6, 6.07) is 1.99. The number of hydrogen-bond donors (Lipinski definition) is 1. The molecule has 0 saturated carbocycles. The zero-order valence-corrected chi connectivity index (χ0v) is 13.0. The quantitative estimate of drug-likeness (QED) is 0.942. The maximum Gasteiger partial charge on any atom is 0.146 e. The third-order valence-corrected chi connectivity index (χ3v) is 5.49. The third-order valence-electron chi connectivity index (χ3n) is 4.68. The summed E-state index contributed by atoms with van der Waals surface area (Å²) in [5, 5.41) is 3.00. The van der Waals surface area contributed by atoms with Gasteiger partial charge in [0.05, 0.1) is 11.9 Å². The number of piperidine rings is 1. The van der Waals surface area contributed by atoms with Gasteiger partial charge in [0.2, 0.25) is 0 Å². The summed E-state index contributed by atoms with van der Waals surface area (Å²) in [4.78, 5) is 12.5. The van der Waals surface area contributed by atoms with Gasteiger partial charge in [-0.05, 0) is 42.8 Å². The summed E-state index contributed by atoms with van der Waals surface area (Å²) in [5.41, 5.74) is 6.53. The van der Waals surface area contributed by atoms with E-state index in [1.54, 1.807) is 11.3 Å². The molecule has 1 aliphatic heterocycles. The van der Waals surface area contributed by atoms with Crippen molar-refractivity contribution in [2.24, 2.45) is 5.41 Å². The van der Waals surface area contributed by atoms with Crippen LogP contribution in [0.5, 0.6) is 0 Å². The molecule has 2 aromatic rings. The van der Waals surface area contributed by atoms with E-state index in [1.165, 1.54) is 19.3 Å². The molecule has 108 valence electrons. The zero-order chi connectivity index (χ0) is 14.2. The molecule has 0 spiro atoms. The number of likely N-dealkylation sites (tertiary alicyclic amines) is 1. The zero-order valence-electron chi connectivity index (χ0n) is 12.2. The second-order valence-electron chi connectivity index (χ2n) is 6.10. The second-order valence-corrected chi connectivity index (χ2v) is 7.00. The van der Waals surface area contributed by atoms with Gasteiger partial charge < -0.3 is 5.73 Å². The van der Waals surface area contributed by atoms with Crippen molar-refractivity contribution < 1.29 is 0 Å². The molecule has 3 heterocycles. The number of nitrogens with two attached hydrogens (primary N) is 1. The molecule has 0 radical (unpaired) electrons. The fourth-order valence-electron chi connectivity index (χ4n) is 2.80. The standard InChI is InChI=1S/C15H22N4S/c1-3-15(2)5-7-19(8-6-15)10-12-17-13(16)11-4-9-20-14(11)18-12/h4,9H,3,5-8,10H2,1-2H3,(H2,16,17,18). The van der Waals surface area contributed by atoms with Crippen LogP contribution in [0.25, 0.3) is 10.2 Å². The molecule has 5 heteroatoms. The lowest BCUT2D eigenvalue weighted by atomic mass is 9.78. The predicted octanol–water partition coefficient (Wildman–Crippen LogP) is 3.29. The van der Waals surface area contributed by atoms with Crippen molar-refractivity contribution in [3.8, 4) is 0 Å². The largest absolute Gasteiger partial charge is 0.383 e. The molecular formula is C15H22N4S. The molecule has 1 fully saturated rings. The number of thiophene rings is 1. The van der Waals surface area contributed by atoms with Crippen molar-refractivity contribution >= 4 is 27.4 Å². The Morgan fingerprint density at radius 3 is 2.80 bits per heavy atom. The van der Waals surface area contributed by atoms with E-state index in [4.69, 9.17) is 5.73 Å². The smallest absolute Gasteiger partial charge is 0.146 e. The van der Waals surface area contributed by atoms with E-state index in [-0.39, 0.29) is 0 Å². The van der Waals surface area contributed by atoms with E-state index in [9.17, 15) is 0 Å². The van der Waals surface area contributed by atoms with Crippen LogP contribution in [0.1, 0.15) is 38.9 Å². The normalized spacial score (nSPS) is 19.5. The molecule has 1 saturated heterocycles. The lowest BCUT2D eigenvalue weighted by Crippen LogP contribution is -2.38. The summed E-state index contributed by atoms with van der Waals surface area (Å²) in [7, 11) is 0. The van der Waals surface area contributed by atoms with Crippen LogP contribution in [0.3, 0.4) is 0 Å². The average molecular weight is 290 g/mol. The van der Waals surface area contributed by atoms with Gasteiger partial charge in [0.15, 0.2) is 0 Å². The molecule has 3 rings (SSSR count). The van der Waals surface area contributed by atoms with Gasteiger partial charge in [-0.15, -0.1) is 11.3 Å². The Balaban J connectivity index is 1.71. The Hall–Kier alpha value is -1.20. The predicted molar refractivity (Wildman–Crippen MR) is 84.7 cm³/mol. The van der Waals surface area contributed by atoms with E-state index < -0.39 is 0 Å². The molecule has 20 heavy (non-hydrogen) atoms. The fourth-order valence-corrected chi connectivity index (χ4v) is 3.59. The van der Waals surface area contributed by atoms with Crippen LogP contribution >= 0.6 is 11.3 Å². The summed E-state index contributed by atoms with van der Waals surface area (Å²) < 4.78 is 0. The van der Waals surface area contributed by atoms with Crippen LogP contribution in [0.15, 0.2) is 11.4 Å². The number of hydrogen-bond acceptors (Lipinski definition) is 5. The van der Waals surface area contributed by atoms with E-state index >= 15 is 0 Å². The number of rotatable bonds is 3. The summed E-state index contributed by atoms with van der Waals surface area (Å²) in [5.74, 6) is 1.47. The topological polar surface area (TPSA) is 55.0 Å². The molecule has 0 atom stereocenters. The van der Waals surface area contributed by atoms with Gasteiger partial charge in [0.1, 0.15) is 16.5 Å². The highest BCUT2D eigenvalue weighted by Crippen LogP contribution is 2.34. The van der Waals surface area contributed by atoms with Crippen molar-refractivity contribution in [1.29, 1.82) is 0 Å². The molecule has 2 aromatic heterocycles. The van der Waals surface area contributed by atoms with Crippen LogP contribution in [-0.2, 0) is 6.54 Å². The van der Waals surface area contributed by atoms with Crippen LogP contribution < -0.4 is 5.73 Å². The molecule has 4 nitrogen and oxygen atoms in total. The first-order chi connectivity index (χ1) is 9.59. The number of fused-ring (bicyclic) bond motifs is 1. The first-order valence-electron chi connectivity index (χ1n) is 7.31. The molecule has 2 N–H and O–H groups in total. The van der Waals surface area contributed by atoms with Crippen molar-refractivity contribution in [3.63, 3.8) is 0 Å². The van der Waals surface area contributed by atoms with Crippen LogP contribution in [0.2, 0.25) is 0 Å². The molecule has 0 unspecified atom stereocenters. The maximum absolute atomic E-state index is 6.01. The molecule has 1 aliphatic rings. The number of nitrogens with zero attached hydrogens (tertiary/aromatic N) is 3. The summed E-state index contributed by atoms with van der Waals surface area (Å²) in [6.07, 6.45) is 3.80. The van der Waals surface area contributed by atoms with Gasteiger partial charge in [0.25, 0.3) is 0 Å². The van der Waals surface area contributed by atoms with Crippen molar-refractivity contribution in [1.82, 2.24) is 14.9 Å². The van der Waals surface area contributed by atoms with E-state index in [0.29, 0.717) is 11.2 Å². The fraction of sp³-hybridized carbons (Fsp3) is 0.600. The summed E-state index contributed by atoms with van der Waals surface area (Å²) >= 11 is 1.63. The van der Waals surface area contributed by atoms with Gasteiger partial charge >= 0.3 is 0 Å².